The molecular formula is C11H13N3O2. The standard InChI is InChI=1S/C11H13N3O2/c1-7-5-4-6-8(9(7)15)10-12-11(13-16-10)14(2)3/h4-6,15H,1-3H3. The van der Waals surface area contributed by atoms with Gasteiger partial charge in [-0.2, -0.15) is 4.98 Å². The number of aromatic hydroxyl groups is 1. The predicted molar refractivity (Wildman–Crippen MR) is 60.5 cm³/mol. The van der Waals surface area contributed by atoms with Gasteiger partial charge in [-0.05, 0) is 23.7 Å². The van der Waals surface area contributed by atoms with Gasteiger partial charge in [-0.1, -0.05) is 12.1 Å². The van der Waals surface area contributed by atoms with Crippen molar-refractivity contribution in [3.05, 3.63) is 23.8 Å². The van der Waals surface area contributed by atoms with Gasteiger partial charge < -0.3 is 14.5 Å². The van der Waals surface area contributed by atoms with Crippen molar-refractivity contribution in [3.63, 3.8) is 0 Å². The molecule has 84 valence electrons. The molecule has 0 aliphatic heterocycles. The number of nitrogens with zero attached hydrogens (tertiary/aromatic N) is 3. The average molecular weight is 219 g/mol. The molecule has 0 aliphatic rings. The summed E-state index contributed by atoms with van der Waals surface area (Å²) in [5.74, 6) is 0.984. The van der Waals surface area contributed by atoms with Crippen LogP contribution in [-0.4, -0.2) is 29.3 Å². The predicted octanol–water partition coefficient (Wildman–Crippen LogP) is 1.82. The Bertz CT molecular complexity index is 506. The second-order valence-electron chi connectivity index (χ2n) is 3.77. The number of hydrogen-bond acceptors (Lipinski definition) is 5. The van der Waals surface area contributed by atoms with Crippen molar-refractivity contribution in [2.24, 2.45) is 0 Å². The highest BCUT2D eigenvalue weighted by atomic mass is 16.5. The number of phenolic OH excluding ortho intramolecular Hbond substituents is 1. The third-order valence-electron chi connectivity index (χ3n) is 2.28. The lowest BCUT2D eigenvalue weighted by molar-refractivity contribution is 0.424. The quantitative estimate of drug-likeness (QED) is 0.834. The molecule has 5 nitrogen and oxygen atoms in total. The summed E-state index contributed by atoms with van der Waals surface area (Å²) < 4.78 is 5.09. The van der Waals surface area contributed by atoms with Crippen LogP contribution in [0, 0.1) is 6.92 Å². The van der Waals surface area contributed by atoms with E-state index in [0.717, 1.165) is 5.56 Å². The van der Waals surface area contributed by atoms with E-state index >= 15 is 0 Å². The molecular weight excluding hydrogens is 206 g/mol. The minimum Gasteiger partial charge on any atom is -0.507 e. The van der Waals surface area contributed by atoms with Crippen LogP contribution in [0.5, 0.6) is 5.75 Å². The second-order valence-corrected chi connectivity index (χ2v) is 3.77. The largest absolute Gasteiger partial charge is 0.507 e. The Balaban J connectivity index is 2.47. The molecule has 0 saturated heterocycles. The smallest absolute Gasteiger partial charge is 0.265 e. The molecule has 0 saturated carbocycles. The average Bonchev–Trinajstić information content (AvgIpc) is 2.71. The number of para-hydroxylation sites is 1. The van der Waals surface area contributed by atoms with Crippen molar-refractivity contribution in [3.8, 4) is 17.2 Å². The summed E-state index contributed by atoms with van der Waals surface area (Å²) >= 11 is 0. The van der Waals surface area contributed by atoms with Crippen molar-refractivity contribution in [2.75, 3.05) is 19.0 Å². The molecule has 0 fully saturated rings. The lowest BCUT2D eigenvalue weighted by Crippen LogP contribution is -2.10. The van der Waals surface area contributed by atoms with Crippen molar-refractivity contribution in [1.82, 2.24) is 10.1 Å². The summed E-state index contributed by atoms with van der Waals surface area (Å²) in [6.07, 6.45) is 0. The fraction of sp³-hybridized carbons (Fsp3) is 0.273. The molecule has 16 heavy (non-hydrogen) atoms. The zero-order valence-corrected chi connectivity index (χ0v) is 9.43. The fourth-order valence-corrected chi connectivity index (χ4v) is 1.34. The second kappa shape index (κ2) is 3.84. The Morgan fingerprint density at radius 2 is 2.06 bits per heavy atom. The molecule has 0 amide bonds. The number of aromatic nitrogens is 2. The van der Waals surface area contributed by atoms with Crippen LogP contribution in [0.25, 0.3) is 11.5 Å². The summed E-state index contributed by atoms with van der Waals surface area (Å²) in [5.41, 5.74) is 1.34. The van der Waals surface area contributed by atoms with Crippen molar-refractivity contribution in [2.45, 2.75) is 6.92 Å². The van der Waals surface area contributed by atoms with Gasteiger partial charge >= 0.3 is 0 Å². The summed E-state index contributed by atoms with van der Waals surface area (Å²) in [5, 5.41) is 13.6. The number of rotatable bonds is 2. The maximum Gasteiger partial charge on any atom is 0.265 e. The Hall–Kier alpha value is -2.04. The van der Waals surface area contributed by atoms with E-state index in [9.17, 15) is 5.11 Å². The third-order valence-corrected chi connectivity index (χ3v) is 2.28. The molecule has 2 rings (SSSR count). The molecule has 0 radical (unpaired) electrons. The lowest BCUT2D eigenvalue weighted by Gasteiger charge is -2.03. The first kappa shape index (κ1) is 10.5. The van der Waals surface area contributed by atoms with Gasteiger partial charge in [0.1, 0.15) is 5.75 Å². The highest BCUT2D eigenvalue weighted by Gasteiger charge is 2.14. The number of aryl methyl sites for hydroxylation is 1. The first-order valence-corrected chi connectivity index (χ1v) is 4.89. The molecule has 0 unspecified atom stereocenters. The van der Waals surface area contributed by atoms with Crippen molar-refractivity contribution in [1.29, 1.82) is 0 Å². The van der Waals surface area contributed by atoms with Crippen LogP contribution in [0.1, 0.15) is 5.56 Å². The molecule has 5 heteroatoms. The number of benzene rings is 1. The first-order chi connectivity index (χ1) is 7.59. The number of anilines is 1. The van der Waals surface area contributed by atoms with E-state index in [1.807, 2.05) is 33.2 Å². The zero-order valence-electron chi connectivity index (χ0n) is 9.43. The normalized spacial score (nSPS) is 10.4. The highest BCUT2D eigenvalue weighted by molar-refractivity contribution is 5.65. The van der Waals surface area contributed by atoms with Crippen LogP contribution in [-0.2, 0) is 0 Å². The van der Waals surface area contributed by atoms with E-state index in [4.69, 9.17) is 4.52 Å². The lowest BCUT2D eigenvalue weighted by atomic mass is 10.1. The van der Waals surface area contributed by atoms with Gasteiger partial charge in [0, 0.05) is 14.1 Å². The van der Waals surface area contributed by atoms with Crippen LogP contribution >= 0.6 is 0 Å². The van der Waals surface area contributed by atoms with Crippen LogP contribution in [0.3, 0.4) is 0 Å². The minimum absolute atomic E-state index is 0.177. The van der Waals surface area contributed by atoms with Gasteiger partial charge in [0.25, 0.3) is 11.8 Å². The Kier molecular flexibility index (Phi) is 2.52. The van der Waals surface area contributed by atoms with E-state index in [0.29, 0.717) is 17.4 Å². The molecule has 1 N–H and O–H groups in total. The van der Waals surface area contributed by atoms with Gasteiger partial charge in [0.2, 0.25) is 0 Å². The van der Waals surface area contributed by atoms with Gasteiger partial charge in [0.05, 0.1) is 5.56 Å². The SMILES string of the molecule is Cc1cccc(-c2nc(N(C)C)no2)c1O. The first-order valence-electron chi connectivity index (χ1n) is 4.89. The van der Waals surface area contributed by atoms with E-state index in [1.54, 1.807) is 11.0 Å². The molecule has 0 bridgehead atoms. The number of hydrogen-bond donors (Lipinski definition) is 1. The molecule has 0 spiro atoms. The fourth-order valence-electron chi connectivity index (χ4n) is 1.34. The van der Waals surface area contributed by atoms with Crippen molar-refractivity contribution >= 4 is 5.95 Å². The maximum absolute atomic E-state index is 9.86. The topological polar surface area (TPSA) is 62.4 Å². The molecule has 1 heterocycles. The van der Waals surface area contributed by atoms with Crippen LogP contribution in [0.4, 0.5) is 5.95 Å². The van der Waals surface area contributed by atoms with Crippen LogP contribution < -0.4 is 4.90 Å². The summed E-state index contributed by atoms with van der Waals surface area (Å²) in [6.45, 7) is 1.82. The number of phenols is 1. The van der Waals surface area contributed by atoms with Gasteiger partial charge in [-0.3, -0.25) is 0 Å². The molecule has 0 aliphatic carbocycles. The Morgan fingerprint density at radius 3 is 2.69 bits per heavy atom. The summed E-state index contributed by atoms with van der Waals surface area (Å²) in [6, 6.07) is 5.40. The van der Waals surface area contributed by atoms with E-state index in [2.05, 4.69) is 10.1 Å². The van der Waals surface area contributed by atoms with Crippen LogP contribution in [0.2, 0.25) is 0 Å². The maximum atomic E-state index is 9.86. The highest BCUT2D eigenvalue weighted by Crippen LogP contribution is 2.31. The molecule has 1 aromatic carbocycles. The van der Waals surface area contributed by atoms with E-state index in [-0.39, 0.29) is 5.75 Å². The van der Waals surface area contributed by atoms with Gasteiger partial charge in [-0.25, -0.2) is 0 Å². The molecule has 1 aromatic heterocycles. The Morgan fingerprint density at radius 1 is 1.31 bits per heavy atom. The van der Waals surface area contributed by atoms with E-state index in [1.165, 1.54) is 0 Å². The van der Waals surface area contributed by atoms with Gasteiger partial charge in [-0.15, -0.1) is 0 Å². The van der Waals surface area contributed by atoms with Crippen LogP contribution in [0.15, 0.2) is 22.7 Å². The third kappa shape index (κ3) is 1.71. The Labute approximate surface area is 93.3 Å². The minimum atomic E-state index is 0.177. The van der Waals surface area contributed by atoms with Crippen molar-refractivity contribution < 1.29 is 9.63 Å². The molecule has 2 aromatic rings. The summed E-state index contributed by atoms with van der Waals surface area (Å²) in [7, 11) is 3.65. The zero-order chi connectivity index (χ0) is 11.7. The van der Waals surface area contributed by atoms with E-state index < -0.39 is 0 Å². The summed E-state index contributed by atoms with van der Waals surface area (Å²) in [4.78, 5) is 5.91. The molecule has 0 atom stereocenters. The monoisotopic (exact) mass is 219 g/mol. The van der Waals surface area contributed by atoms with Gasteiger partial charge in [0.15, 0.2) is 0 Å².